The highest BCUT2D eigenvalue weighted by Crippen LogP contribution is 2.24. The molecule has 0 bridgehead atoms. The summed E-state index contributed by atoms with van der Waals surface area (Å²) in [5.41, 5.74) is 0.907. The van der Waals surface area contributed by atoms with Crippen LogP contribution in [0.4, 0.5) is 0 Å². The lowest BCUT2D eigenvalue weighted by molar-refractivity contribution is -0.125. The van der Waals surface area contributed by atoms with Gasteiger partial charge in [0.15, 0.2) is 0 Å². The molecule has 1 aromatic carbocycles. The van der Waals surface area contributed by atoms with Crippen LogP contribution in [0.3, 0.4) is 0 Å². The van der Waals surface area contributed by atoms with Crippen molar-refractivity contribution in [3.8, 4) is 5.75 Å². The number of hydrogen-bond acceptors (Lipinski definition) is 2. The molecule has 0 radical (unpaired) electrons. The first-order valence-corrected chi connectivity index (χ1v) is 7.80. The monoisotopic (exact) mass is 337 g/mol. The maximum absolute atomic E-state index is 12.2. The Morgan fingerprint density at radius 2 is 1.95 bits per heavy atom. The molecule has 3 nitrogen and oxygen atoms in total. The van der Waals surface area contributed by atoms with E-state index < -0.39 is 0 Å². The number of ether oxygens (including phenoxy) is 1. The summed E-state index contributed by atoms with van der Waals surface area (Å²) in [7, 11) is 1.64. The second-order valence-electron chi connectivity index (χ2n) is 4.96. The molecule has 0 aromatic heterocycles. The molecule has 1 saturated heterocycles. The van der Waals surface area contributed by atoms with E-state index in [2.05, 4.69) is 15.9 Å². The zero-order chi connectivity index (χ0) is 14.4. The largest absolute Gasteiger partial charge is 0.496 e. The molecule has 2 rings (SSSR count). The first kappa shape index (κ1) is 15.1. The minimum Gasteiger partial charge on any atom is -0.496 e. The van der Waals surface area contributed by atoms with Gasteiger partial charge in [0.1, 0.15) is 5.75 Å². The molecular weight excluding hydrogens is 318 g/mol. The summed E-state index contributed by atoms with van der Waals surface area (Å²) in [5, 5.41) is 0. The molecule has 1 aromatic rings. The van der Waals surface area contributed by atoms with Crippen LogP contribution in [-0.2, 0) is 4.79 Å². The van der Waals surface area contributed by atoms with Crippen molar-refractivity contribution < 1.29 is 9.53 Å². The molecule has 4 heteroatoms. The molecule has 1 heterocycles. The van der Waals surface area contributed by atoms with Crippen LogP contribution in [0.1, 0.15) is 31.2 Å². The Morgan fingerprint density at radius 3 is 2.60 bits per heavy atom. The summed E-state index contributed by atoms with van der Waals surface area (Å²) in [6, 6.07) is 5.76. The van der Waals surface area contributed by atoms with Crippen molar-refractivity contribution >= 4 is 27.9 Å². The van der Waals surface area contributed by atoms with Gasteiger partial charge in [-0.1, -0.05) is 28.8 Å². The summed E-state index contributed by atoms with van der Waals surface area (Å²) in [6.07, 6.45) is 8.16. The van der Waals surface area contributed by atoms with Crippen LogP contribution in [0.15, 0.2) is 28.7 Å². The maximum atomic E-state index is 12.2. The average Bonchev–Trinajstić information content (AvgIpc) is 2.74. The number of hydrogen-bond donors (Lipinski definition) is 0. The molecule has 0 aliphatic carbocycles. The highest BCUT2D eigenvalue weighted by molar-refractivity contribution is 9.10. The predicted octanol–water partition coefficient (Wildman–Crippen LogP) is 3.87. The highest BCUT2D eigenvalue weighted by atomic mass is 79.9. The molecule has 0 spiro atoms. The Morgan fingerprint density at radius 1 is 1.25 bits per heavy atom. The van der Waals surface area contributed by atoms with E-state index in [0.717, 1.165) is 41.7 Å². The Hall–Kier alpha value is -1.29. The minimum atomic E-state index is 0.0916. The van der Waals surface area contributed by atoms with Crippen molar-refractivity contribution in [1.29, 1.82) is 0 Å². The molecule has 1 fully saturated rings. The van der Waals surface area contributed by atoms with Crippen molar-refractivity contribution in [1.82, 2.24) is 4.90 Å². The smallest absolute Gasteiger partial charge is 0.246 e. The lowest BCUT2D eigenvalue weighted by Gasteiger charge is -2.18. The standard InChI is InChI=1S/C16H20BrNO2/c1-20-15-8-7-14(17)12-13(15)6-9-16(19)18-10-4-2-3-5-11-18/h6-9,12H,2-5,10-11H2,1H3. The second-order valence-corrected chi connectivity index (χ2v) is 5.87. The zero-order valence-corrected chi connectivity index (χ0v) is 13.4. The van der Waals surface area contributed by atoms with E-state index in [4.69, 9.17) is 4.74 Å². The third kappa shape index (κ3) is 4.10. The van der Waals surface area contributed by atoms with Crippen LogP contribution in [-0.4, -0.2) is 31.0 Å². The van der Waals surface area contributed by atoms with E-state index >= 15 is 0 Å². The van der Waals surface area contributed by atoms with Crippen LogP contribution >= 0.6 is 15.9 Å². The van der Waals surface area contributed by atoms with Gasteiger partial charge in [-0.3, -0.25) is 4.79 Å². The van der Waals surface area contributed by atoms with Gasteiger partial charge in [-0.25, -0.2) is 0 Å². The van der Waals surface area contributed by atoms with Crippen LogP contribution in [0, 0.1) is 0 Å². The first-order chi connectivity index (χ1) is 9.70. The van der Waals surface area contributed by atoms with E-state index in [1.807, 2.05) is 29.2 Å². The fraction of sp³-hybridized carbons (Fsp3) is 0.438. The van der Waals surface area contributed by atoms with Crippen LogP contribution in [0.2, 0.25) is 0 Å². The lowest BCUT2D eigenvalue weighted by atomic mass is 10.2. The van der Waals surface area contributed by atoms with Crippen molar-refractivity contribution in [3.05, 3.63) is 34.3 Å². The predicted molar refractivity (Wildman–Crippen MR) is 84.8 cm³/mol. The molecule has 20 heavy (non-hydrogen) atoms. The number of methoxy groups -OCH3 is 1. The lowest BCUT2D eigenvalue weighted by Crippen LogP contribution is -2.30. The van der Waals surface area contributed by atoms with Gasteiger partial charge in [0.25, 0.3) is 0 Å². The number of carbonyl (C=O) groups is 1. The van der Waals surface area contributed by atoms with Crippen molar-refractivity contribution in [2.75, 3.05) is 20.2 Å². The van der Waals surface area contributed by atoms with Crippen LogP contribution in [0.25, 0.3) is 6.08 Å². The Kier molecular flexibility index (Phi) is 5.65. The van der Waals surface area contributed by atoms with Gasteiger partial charge in [-0.05, 0) is 37.1 Å². The fourth-order valence-corrected chi connectivity index (χ4v) is 2.77. The van der Waals surface area contributed by atoms with Gasteiger partial charge in [-0.15, -0.1) is 0 Å². The Bertz CT molecular complexity index is 491. The molecule has 1 aliphatic heterocycles. The normalized spacial score (nSPS) is 16.2. The van der Waals surface area contributed by atoms with E-state index in [1.54, 1.807) is 13.2 Å². The number of amides is 1. The molecular formula is C16H20BrNO2. The van der Waals surface area contributed by atoms with E-state index in [9.17, 15) is 4.79 Å². The van der Waals surface area contributed by atoms with Gasteiger partial charge in [0, 0.05) is 29.2 Å². The molecule has 0 atom stereocenters. The number of nitrogens with zero attached hydrogens (tertiary/aromatic N) is 1. The zero-order valence-electron chi connectivity index (χ0n) is 11.8. The third-order valence-corrected chi connectivity index (χ3v) is 4.01. The summed E-state index contributed by atoms with van der Waals surface area (Å²) >= 11 is 3.43. The fourth-order valence-electron chi connectivity index (χ4n) is 2.39. The van der Waals surface area contributed by atoms with Gasteiger partial charge < -0.3 is 9.64 Å². The maximum Gasteiger partial charge on any atom is 0.246 e. The minimum absolute atomic E-state index is 0.0916. The third-order valence-electron chi connectivity index (χ3n) is 3.51. The number of benzene rings is 1. The molecule has 0 N–H and O–H groups in total. The Labute approximate surface area is 128 Å². The molecule has 108 valence electrons. The van der Waals surface area contributed by atoms with Gasteiger partial charge in [0.2, 0.25) is 5.91 Å². The number of likely N-dealkylation sites (tertiary alicyclic amines) is 1. The average molecular weight is 338 g/mol. The Balaban J connectivity index is 2.08. The number of halogens is 1. The quantitative estimate of drug-likeness (QED) is 0.783. The van der Waals surface area contributed by atoms with Crippen molar-refractivity contribution in [3.63, 3.8) is 0 Å². The van der Waals surface area contributed by atoms with Gasteiger partial charge >= 0.3 is 0 Å². The number of carbonyl (C=O) groups excluding carboxylic acids is 1. The van der Waals surface area contributed by atoms with Gasteiger partial charge in [0.05, 0.1) is 7.11 Å². The van der Waals surface area contributed by atoms with Crippen LogP contribution < -0.4 is 4.74 Å². The highest BCUT2D eigenvalue weighted by Gasteiger charge is 2.12. The topological polar surface area (TPSA) is 29.5 Å². The van der Waals surface area contributed by atoms with Crippen molar-refractivity contribution in [2.45, 2.75) is 25.7 Å². The van der Waals surface area contributed by atoms with E-state index in [-0.39, 0.29) is 5.91 Å². The summed E-state index contributed by atoms with van der Waals surface area (Å²) in [6.45, 7) is 1.75. The first-order valence-electron chi connectivity index (χ1n) is 7.01. The van der Waals surface area contributed by atoms with Gasteiger partial charge in [-0.2, -0.15) is 0 Å². The second kappa shape index (κ2) is 7.48. The van der Waals surface area contributed by atoms with E-state index in [0.29, 0.717) is 0 Å². The van der Waals surface area contributed by atoms with E-state index in [1.165, 1.54) is 12.8 Å². The van der Waals surface area contributed by atoms with Crippen molar-refractivity contribution in [2.24, 2.45) is 0 Å². The summed E-state index contributed by atoms with van der Waals surface area (Å²) < 4.78 is 6.27. The molecule has 0 saturated carbocycles. The number of rotatable bonds is 3. The van der Waals surface area contributed by atoms with Crippen LogP contribution in [0.5, 0.6) is 5.75 Å². The summed E-state index contributed by atoms with van der Waals surface area (Å²) in [5.74, 6) is 0.863. The molecule has 0 unspecified atom stereocenters. The molecule has 1 aliphatic rings. The summed E-state index contributed by atoms with van der Waals surface area (Å²) in [4.78, 5) is 14.1. The molecule has 1 amide bonds. The SMILES string of the molecule is COc1ccc(Br)cc1C=CC(=O)N1CCCCCC1.